The number of nitrogens with zero attached hydrogens (tertiary/aromatic N) is 2. The van der Waals surface area contributed by atoms with E-state index in [4.69, 9.17) is 4.74 Å². The zero-order valence-corrected chi connectivity index (χ0v) is 15.1. The Morgan fingerprint density at radius 1 is 0.962 bits per heavy atom. The van der Waals surface area contributed by atoms with Crippen molar-refractivity contribution in [1.82, 2.24) is 9.29 Å². The number of rotatable bonds is 4. The highest BCUT2D eigenvalue weighted by atomic mass is 32.2. The number of hydrogen-bond acceptors (Lipinski definition) is 4. The molecule has 1 fully saturated rings. The first kappa shape index (κ1) is 17.0. The van der Waals surface area contributed by atoms with Crippen LogP contribution in [0.3, 0.4) is 0 Å². The molecule has 0 atom stereocenters. The number of piperidine rings is 1. The number of ether oxygens (including phenoxy) is 1. The Hall–Kier alpha value is -2.44. The van der Waals surface area contributed by atoms with Crippen LogP contribution in [-0.4, -0.2) is 36.9 Å². The highest BCUT2D eigenvalue weighted by Gasteiger charge is 2.30. The molecule has 0 saturated carbocycles. The summed E-state index contributed by atoms with van der Waals surface area (Å²) >= 11 is 0. The summed E-state index contributed by atoms with van der Waals surface area (Å²) in [5.74, 6) is 0.725. The first-order chi connectivity index (χ1) is 12.6. The van der Waals surface area contributed by atoms with Gasteiger partial charge in [-0.2, -0.15) is 4.31 Å². The van der Waals surface area contributed by atoms with Crippen LogP contribution in [0.1, 0.15) is 12.8 Å². The second-order valence-corrected chi connectivity index (χ2v) is 8.36. The summed E-state index contributed by atoms with van der Waals surface area (Å²) in [5.41, 5.74) is 0. The molecule has 0 amide bonds. The van der Waals surface area contributed by atoms with Crippen LogP contribution in [-0.2, 0) is 10.0 Å². The predicted molar refractivity (Wildman–Crippen MR) is 101 cm³/mol. The lowest BCUT2D eigenvalue weighted by atomic mass is 10.1. The lowest BCUT2D eigenvalue weighted by Gasteiger charge is -2.31. The number of hydrogen-bond donors (Lipinski definition) is 0. The van der Waals surface area contributed by atoms with E-state index in [1.165, 1.54) is 0 Å². The summed E-state index contributed by atoms with van der Waals surface area (Å²) in [5, 5.41) is 1.97. The molecule has 1 saturated heterocycles. The quantitative estimate of drug-likeness (QED) is 0.708. The molecule has 1 aliphatic heterocycles. The van der Waals surface area contributed by atoms with E-state index in [9.17, 15) is 8.42 Å². The van der Waals surface area contributed by atoms with Crippen LogP contribution in [0.5, 0.6) is 5.75 Å². The number of aromatic nitrogens is 1. The third-order valence-electron chi connectivity index (χ3n) is 4.70. The van der Waals surface area contributed by atoms with Crippen molar-refractivity contribution in [2.24, 2.45) is 0 Å². The van der Waals surface area contributed by atoms with Crippen molar-refractivity contribution in [3.05, 3.63) is 67.0 Å². The molecule has 4 rings (SSSR count). The number of fused-ring (bicyclic) bond motifs is 1. The van der Waals surface area contributed by atoms with Gasteiger partial charge in [0.2, 0.25) is 10.0 Å². The van der Waals surface area contributed by atoms with Crippen LogP contribution >= 0.6 is 0 Å². The van der Waals surface area contributed by atoms with E-state index in [0.717, 1.165) is 16.5 Å². The van der Waals surface area contributed by atoms with Crippen molar-refractivity contribution in [1.29, 1.82) is 0 Å². The third-order valence-corrected chi connectivity index (χ3v) is 6.59. The molecule has 1 aromatic heterocycles. The van der Waals surface area contributed by atoms with Gasteiger partial charge in [0.15, 0.2) is 0 Å². The lowest BCUT2D eigenvalue weighted by Crippen LogP contribution is -2.41. The summed E-state index contributed by atoms with van der Waals surface area (Å²) < 4.78 is 33.4. The minimum Gasteiger partial charge on any atom is -0.489 e. The molecule has 5 nitrogen and oxygen atoms in total. The smallest absolute Gasteiger partial charge is 0.243 e. The maximum absolute atomic E-state index is 13.0. The Labute approximate surface area is 153 Å². The topological polar surface area (TPSA) is 59.5 Å². The zero-order chi connectivity index (χ0) is 18.0. The molecule has 1 aliphatic rings. The fourth-order valence-corrected chi connectivity index (χ4v) is 4.78. The van der Waals surface area contributed by atoms with E-state index >= 15 is 0 Å². The van der Waals surface area contributed by atoms with Crippen molar-refractivity contribution in [2.45, 2.75) is 23.8 Å². The van der Waals surface area contributed by atoms with Gasteiger partial charge in [-0.25, -0.2) is 8.42 Å². The first-order valence-electron chi connectivity index (χ1n) is 8.68. The molecule has 6 heteroatoms. The Morgan fingerprint density at radius 3 is 2.46 bits per heavy atom. The van der Waals surface area contributed by atoms with Gasteiger partial charge in [-0.15, -0.1) is 0 Å². The summed E-state index contributed by atoms with van der Waals surface area (Å²) in [6, 6.07) is 16.8. The van der Waals surface area contributed by atoms with E-state index in [0.29, 0.717) is 30.8 Å². The number of benzene rings is 2. The second kappa shape index (κ2) is 7.05. The number of sulfonamides is 1. The molecule has 2 aromatic carbocycles. The molecule has 0 radical (unpaired) electrons. The minimum absolute atomic E-state index is 0.0160. The number of pyridine rings is 1. The fraction of sp³-hybridized carbons (Fsp3) is 0.250. The van der Waals surface area contributed by atoms with Gasteiger partial charge in [0.1, 0.15) is 11.9 Å². The molecule has 0 N–H and O–H groups in total. The van der Waals surface area contributed by atoms with E-state index < -0.39 is 10.0 Å². The van der Waals surface area contributed by atoms with Crippen molar-refractivity contribution in [3.8, 4) is 5.75 Å². The van der Waals surface area contributed by atoms with Crippen molar-refractivity contribution < 1.29 is 13.2 Å². The van der Waals surface area contributed by atoms with Gasteiger partial charge in [-0.3, -0.25) is 4.98 Å². The van der Waals surface area contributed by atoms with Crippen LogP contribution < -0.4 is 4.74 Å². The summed E-state index contributed by atoms with van der Waals surface area (Å²) in [6.07, 6.45) is 4.73. The van der Waals surface area contributed by atoms with Gasteiger partial charge in [-0.05, 0) is 47.9 Å². The monoisotopic (exact) mass is 368 g/mol. The van der Waals surface area contributed by atoms with Gasteiger partial charge < -0.3 is 4.74 Å². The van der Waals surface area contributed by atoms with Gasteiger partial charge in [-0.1, -0.05) is 30.3 Å². The van der Waals surface area contributed by atoms with E-state index in [-0.39, 0.29) is 6.10 Å². The van der Waals surface area contributed by atoms with Crippen molar-refractivity contribution in [2.75, 3.05) is 13.1 Å². The molecule has 26 heavy (non-hydrogen) atoms. The van der Waals surface area contributed by atoms with E-state index in [2.05, 4.69) is 4.98 Å². The molecule has 3 aromatic rings. The highest BCUT2D eigenvalue weighted by molar-refractivity contribution is 7.89. The SMILES string of the molecule is O=S(=O)(c1ccc2ccccc2c1)N1CCC(Oc2cccnc2)CC1. The predicted octanol–water partition coefficient (Wildman–Crippen LogP) is 3.47. The van der Waals surface area contributed by atoms with Gasteiger partial charge in [0.05, 0.1) is 11.1 Å². The standard InChI is InChI=1S/C20H20N2O3S/c23-26(24,20-8-7-16-4-1-2-5-17(16)14-20)22-12-9-18(10-13-22)25-19-6-3-11-21-15-19/h1-8,11,14-15,18H,9-10,12-13H2. The van der Waals surface area contributed by atoms with Gasteiger partial charge in [0.25, 0.3) is 0 Å². The minimum atomic E-state index is -3.48. The Bertz CT molecular complexity index is 998. The lowest BCUT2D eigenvalue weighted by molar-refractivity contribution is 0.134. The third kappa shape index (κ3) is 3.43. The summed E-state index contributed by atoms with van der Waals surface area (Å²) in [6.45, 7) is 0.917. The molecule has 0 spiro atoms. The fourth-order valence-electron chi connectivity index (χ4n) is 3.28. The Balaban J connectivity index is 1.47. The molecule has 0 unspecified atom stereocenters. The van der Waals surface area contributed by atoms with Crippen LogP contribution in [0.25, 0.3) is 10.8 Å². The Kier molecular flexibility index (Phi) is 4.61. The first-order valence-corrected chi connectivity index (χ1v) is 10.1. The Morgan fingerprint density at radius 2 is 1.73 bits per heavy atom. The maximum atomic E-state index is 13.0. The van der Waals surface area contributed by atoms with Crippen molar-refractivity contribution >= 4 is 20.8 Å². The van der Waals surface area contributed by atoms with Crippen LogP contribution in [0.15, 0.2) is 71.9 Å². The van der Waals surface area contributed by atoms with Crippen LogP contribution in [0.2, 0.25) is 0 Å². The molecular weight excluding hydrogens is 348 g/mol. The van der Waals surface area contributed by atoms with Crippen LogP contribution in [0.4, 0.5) is 0 Å². The van der Waals surface area contributed by atoms with E-state index in [1.807, 2.05) is 42.5 Å². The normalized spacial score (nSPS) is 16.6. The molecule has 134 valence electrons. The van der Waals surface area contributed by atoms with Crippen molar-refractivity contribution in [3.63, 3.8) is 0 Å². The van der Waals surface area contributed by atoms with E-state index in [1.54, 1.807) is 28.8 Å². The summed E-state index contributed by atoms with van der Waals surface area (Å²) in [7, 11) is -3.48. The van der Waals surface area contributed by atoms with Crippen LogP contribution in [0, 0.1) is 0 Å². The summed E-state index contributed by atoms with van der Waals surface area (Å²) in [4.78, 5) is 4.39. The zero-order valence-electron chi connectivity index (χ0n) is 14.3. The second-order valence-electron chi connectivity index (χ2n) is 6.42. The molecule has 2 heterocycles. The van der Waals surface area contributed by atoms with Gasteiger partial charge in [0, 0.05) is 19.3 Å². The average molecular weight is 368 g/mol. The molecular formula is C20H20N2O3S. The maximum Gasteiger partial charge on any atom is 0.243 e. The van der Waals surface area contributed by atoms with Gasteiger partial charge >= 0.3 is 0 Å². The molecule has 0 bridgehead atoms. The highest BCUT2D eigenvalue weighted by Crippen LogP contribution is 2.25. The largest absolute Gasteiger partial charge is 0.489 e. The molecule has 0 aliphatic carbocycles. The average Bonchev–Trinajstić information content (AvgIpc) is 2.69.